The summed E-state index contributed by atoms with van der Waals surface area (Å²) >= 11 is 0. The smallest absolute Gasteiger partial charge is 0.258 e. The van der Waals surface area contributed by atoms with Gasteiger partial charge in [0.05, 0.1) is 17.8 Å². The van der Waals surface area contributed by atoms with E-state index < -0.39 is 0 Å². The number of ether oxygens (including phenoxy) is 1. The molecule has 2 heterocycles. The highest BCUT2D eigenvalue weighted by molar-refractivity contribution is 6.03. The molecule has 0 aliphatic rings. The number of anilines is 2. The third-order valence-electron chi connectivity index (χ3n) is 4.16. The highest BCUT2D eigenvalue weighted by Gasteiger charge is 2.08. The fourth-order valence-electron chi connectivity index (χ4n) is 2.64. The Morgan fingerprint density at radius 3 is 2.20 bits per heavy atom. The maximum Gasteiger partial charge on any atom is 0.258 e. The van der Waals surface area contributed by atoms with Crippen LogP contribution in [0.15, 0.2) is 91.4 Å². The molecule has 4 rings (SSSR count). The average Bonchev–Trinajstić information content (AvgIpc) is 2.81. The van der Waals surface area contributed by atoms with Crippen LogP contribution in [0.4, 0.5) is 11.6 Å². The molecule has 0 saturated heterocycles. The number of rotatable bonds is 7. The highest BCUT2D eigenvalue weighted by atomic mass is 16.5. The van der Waals surface area contributed by atoms with Crippen LogP contribution in [0, 0.1) is 0 Å². The molecule has 0 radical (unpaired) electrons. The van der Waals surface area contributed by atoms with Gasteiger partial charge in [-0.25, -0.2) is 9.97 Å². The van der Waals surface area contributed by atoms with Gasteiger partial charge in [-0.05, 0) is 48.5 Å². The number of nitrogens with one attached hydrogen (secondary N) is 2. The molecule has 4 aromatic rings. The highest BCUT2D eigenvalue weighted by Crippen LogP contribution is 2.22. The van der Waals surface area contributed by atoms with Crippen molar-refractivity contribution in [3.63, 3.8) is 0 Å². The number of benzene rings is 2. The maximum atomic E-state index is 12.4. The average molecular weight is 397 g/mol. The van der Waals surface area contributed by atoms with Gasteiger partial charge in [0.25, 0.3) is 5.91 Å². The van der Waals surface area contributed by atoms with Gasteiger partial charge in [-0.1, -0.05) is 24.3 Å². The van der Waals surface area contributed by atoms with E-state index in [1.165, 1.54) is 12.4 Å². The molecule has 1 amide bonds. The van der Waals surface area contributed by atoms with Crippen molar-refractivity contribution >= 4 is 17.5 Å². The van der Waals surface area contributed by atoms with Gasteiger partial charge in [0.1, 0.15) is 11.5 Å². The molecule has 0 saturated carbocycles. The molecule has 30 heavy (non-hydrogen) atoms. The summed E-state index contributed by atoms with van der Waals surface area (Å²) in [6.07, 6.45) is 4.69. The number of hydrogen-bond donors (Lipinski definition) is 2. The molecule has 0 spiro atoms. The molecule has 0 aliphatic carbocycles. The molecule has 7 heteroatoms. The van der Waals surface area contributed by atoms with E-state index in [0.29, 0.717) is 29.5 Å². The summed E-state index contributed by atoms with van der Waals surface area (Å²) in [6.45, 7) is 0.504. The Balaban J connectivity index is 1.32. The minimum absolute atomic E-state index is 0.289. The quantitative estimate of drug-likeness (QED) is 0.476. The number of amides is 1. The molecule has 0 atom stereocenters. The van der Waals surface area contributed by atoms with E-state index >= 15 is 0 Å². The Morgan fingerprint density at radius 2 is 1.50 bits per heavy atom. The first-order valence-corrected chi connectivity index (χ1v) is 9.36. The molecule has 2 aromatic heterocycles. The van der Waals surface area contributed by atoms with Crippen molar-refractivity contribution < 1.29 is 9.53 Å². The van der Waals surface area contributed by atoms with Crippen LogP contribution < -0.4 is 15.4 Å². The van der Waals surface area contributed by atoms with E-state index in [0.717, 1.165) is 11.4 Å². The van der Waals surface area contributed by atoms with Crippen LogP contribution in [0.2, 0.25) is 0 Å². The SMILES string of the molecule is O=C(Nc1ccc(Oc2ccccc2)cc1)c1cnc(NCc2ccccn2)nc1. The number of nitrogens with zero attached hydrogens (tertiary/aromatic N) is 3. The van der Waals surface area contributed by atoms with Gasteiger partial charge in [-0.3, -0.25) is 9.78 Å². The zero-order chi connectivity index (χ0) is 20.6. The second-order valence-corrected chi connectivity index (χ2v) is 6.36. The molecular weight excluding hydrogens is 378 g/mol. The first kappa shape index (κ1) is 19.1. The first-order chi connectivity index (χ1) is 14.8. The van der Waals surface area contributed by atoms with Crippen LogP contribution in [0.3, 0.4) is 0 Å². The topological polar surface area (TPSA) is 89.0 Å². The van der Waals surface area contributed by atoms with Crippen LogP contribution in [0.5, 0.6) is 11.5 Å². The molecule has 2 aromatic carbocycles. The Labute approximate surface area is 173 Å². The summed E-state index contributed by atoms with van der Waals surface area (Å²) in [6, 6.07) is 22.3. The summed E-state index contributed by atoms with van der Waals surface area (Å²) in [7, 11) is 0. The zero-order valence-electron chi connectivity index (χ0n) is 16.0. The summed E-state index contributed by atoms with van der Waals surface area (Å²) in [4.78, 5) is 25.0. The minimum atomic E-state index is -0.289. The van der Waals surface area contributed by atoms with E-state index in [4.69, 9.17) is 4.74 Å². The van der Waals surface area contributed by atoms with Crippen LogP contribution in [-0.2, 0) is 6.54 Å². The Morgan fingerprint density at radius 1 is 0.800 bits per heavy atom. The van der Waals surface area contributed by atoms with Crippen molar-refractivity contribution in [2.75, 3.05) is 10.6 Å². The van der Waals surface area contributed by atoms with Crippen LogP contribution >= 0.6 is 0 Å². The van der Waals surface area contributed by atoms with Gasteiger partial charge in [-0.15, -0.1) is 0 Å². The number of pyridine rings is 1. The van der Waals surface area contributed by atoms with Gasteiger partial charge < -0.3 is 15.4 Å². The van der Waals surface area contributed by atoms with Gasteiger partial charge in [0.15, 0.2) is 0 Å². The van der Waals surface area contributed by atoms with Crippen molar-refractivity contribution in [1.82, 2.24) is 15.0 Å². The summed E-state index contributed by atoms with van der Waals surface area (Å²) in [5, 5.41) is 5.89. The van der Waals surface area contributed by atoms with Gasteiger partial charge in [-0.2, -0.15) is 0 Å². The minimum Gasteiger partial charge on any atom is -0.457 e. The van der Waals surface area contributed by atoms with E-state index in [9.17, 15) is 4.79 Å². The van der Waals surface area contributed by atoms with E-state index in [2.05, 4.69) is 25.6 Å². The van der Waals surface area contributed by atoms with Crippen molar-refractivity contribution in [3.8, 4) is 11.5 Å². The van der Waals surface area contributed by atoms with Crippen LogP contribution in [-0.4, -0.2) is 20.9 Å². The van der Waals surface area contributed by atoms with E-state index in [-0.39, 0.29) is 5.91 Å². The van der Waals surface area contributed by atoms with Crippen molar-refractivity contribution in [1.29, 1.82) is 0 Å². The summed E-state index contributed by atoms with van der Waals surface area (Å²) in [5.74, 6) is 1.58. The monoisotopic (exact) mass is 397 g/mol. The predicted molar refractivity (Wildman–Crippen MR) is 115 cm³/mol. The third kappa shape index (κ3) is 5.17. The molecule has 0 fully saturated rings. The number of carbonyl (C=O) groups excluding carboxylic acids is 1. The van der Waals surface area contributed by atoms with Crippen LogP contribution in [0.1, 0.15) is 16.1 Å². The molecule has 0 aliphatic heterocycles. The molecule has 2 N–H and O–H groups in total. The van der Waals surface area contributed by atoms with Gasteiger partial charge >= 0.3 is 0 Å². The van der Waals surface area contributed by atoms with E-state index in [1.54, 1.807) is 30.5 Å². The largest absolute Gasteiger partial charge is 0.457 e. The molecular formula is C23H19N5O2. The normalized spacial score (nSPS) is 10.3. The fourth-order valence-corrected chi connectivity index (χ4v) is 2.64. The Hall–Kier alpha value is -4.26. The first-order valence-electron chi connectivity index (χ1n) is 9.36. The number of hydrogen-bond acceptors (Lipinski definition) is 6. The molecule has 7 nitrogen and oxygen atoms in total. The van der Waals surface area contributed by atoms with Crippen molar-refractivity contribution in [2.24, 2.45) is 0 Å². The lowest BCUT2D eigenvalue weighted by atomic mass is 10.2. The molecule has 0 bridgehead atoms. The fraction of sp³-hybridized carbons (Fsp3) is 0.0435. The Kier molecular flexibility index (Phi) is 5.91. The second kappa shape index (κ2) is 9.29. The molecule has 0 unspecified atom stereocenters. The summed E-state index contributed by atoms with van der Waals surface area (Å²) < 4.78 is 5.75. The van der Waals surface area contributed by atoms with Crippen molar-refractivity contribution in [3.05, 3.63) is 103 Å². The number of carbonyl (C=O) groups is 1. The lowest BCUT2D eigenvalue weighted by molar-refractivity contribution is 0.102. The van der Waals surface area contributed by atoms with Gasteiger partial charge in [0, 0.05) is 24.3 Å². The summed E-state index contributed by atoms with van der Waals surface area (Å²) in [5.41, 5.74) is 1.89. The third-order valence-corrected chi connectivity index (χ3v) is 4.16. The van der Waals surface area contributed by atoms with Gasteiger partial charge in [0.2, 0.25) is 5.95 Å². The Bertz CT molecular complexity index is 1090. The second-order valence-electron chi connectivity index (χ2n) is 6.36. The maximum absolute atomic E-state index is 12.4. The molecule has 148 valence electrons. The number of para-hydroxylation sites is 1. The standard InChI is InChI=1S/C23H19N5O2/c29-22(17-14-25-23(26-15-17)27-16-19-6-4-5-13-24-19)28-18-9-11-21(12-10-18)30-20-7-2-1-3-8-20/h1-15H,16H2,(H,28,29)(H,25,26,27). The lowest BCUT2D eigenvalue weighted by Gasteiger charge is -2.08. The van der Waals surface area contributed by atoms with Crippen LogP contribution in [0.25, 0.3) is 0 Å². The lowest BCUT2D eigenvalue weighted by Crippen LogP contribution is -2.13. The number of aromatic nitrogens is 3. The van der Waals surface area contributed by atoms with Crippen molar-refractivity contribution in [2.45, 2.75) is 6.54 Å². The van der Waals surface area contributed by atoms with E-state index in [1.807, 2.05) is 48.5 Å². The predicted octanol–water partition coefficient (Wildman–Crippen LogP) is 4.53. The zero-order valence-corrected chi connectivity index (χ0v) is 16.0.